The number of methoxy groups -OCH3 is 2. The zero-order valence-electron chi connectivity index (χ0n) is 23.5. The van der Waals surface area contributed by atoms with Gasteiger partial charge in [0.05, 0.1) is 37.4 Å². The van der Waals surface area contributed by atoms with Crippen LogP contribution in [0.25, 0.3) is 32.9 Å². The van der Waals surface area contributed by atoms with Crippen molar-refractivity contribution in [3.05, 3.63) is 78.5 Å². The van der Waals surface area contributed by atoms with E-state index in [4.69, 9.17) is 24.5 Å². The number of nitrogens with one attached hydrogen (secondary N) is 1. The van der Waals surface area contributed by atoms with E-state index < -0.39 is 15.9 Å². The third kappa shape index (κ3) is 7.25. The quantitative estimate of drug-likeness (QED) is 0.139. The largest absolute Gasteiger partial charge is 0.493 e. The number of anilines is 1. The first-order chi connectivity index (χ1) is 20.6. The molecular weight excluding hydrogens is 577 g/mol. The van der Waals surface area contributed by atoms with E-state index in [1.165, 1.54) is 12.1 Å². The number of hydrogen-bond donors (Lipinski definition) is 3. The monoisotopic (exact) mass is 607 g/mol. The highest BCUT2D eigenvalue weighted by Crippen LogP contribution is 2.37. The summed E-state index contributed by atoms with van der Waals surface area (Å²) in [6.07, 6.45) is 5.30. The molecular formula is C30H30FN5O6S. The fourth-order valence-electron chi connectivity index (χ4n) is 4.73. The van der Waals surface area contributed by atoms with Gasteiger partial charge in [-0.2, -0.15) is 8.42 Å². The smallest absolute Gasteiger partial charge is 0.266 e. The molecule has 0 saturated heterocycles. The summed E-state index contributed by atoms with van der Waals surface area (Å²) in [7, 11) is -1.01. The Morgan fingerprint density at radius 3 is 2.44 bits per heavy atom. The topological polar surface area (TPSA) is 159 Å². The van der Waals surface area contributed by atoms with Crippen LogP contribution in [0, 0.1) is 5.82 Å². The number of aromatic nitrogens is 3. The second-order valence-electron chi connectivity index (χ2n) is 9.82. The van der Waals surface area contributed by atoms with E-state index in [9.17, 15) is 12.8 Å². The second kappa shape index (κ2) is 12.7. The molecule has 0 aliphatic rings. The molecule has 0 aliphatic heterocycles. The number of pyridine rings is 3. The first-order valence-electron chi connectivity index (χ1n) is 13.3. The summed E-state index contributed by atoms with van der Waals surface area (Å²) < 4.78 is 61.9. The SMILES string of the molecule is COc1cc2ncc3c(N)nc(-c4cncc(OCC(Cc5ccc(F)cc5)NCCS(=O)(=O)O)c4)cc3c2cc1OC. The number of ether oxygens (including phenoxy) is 3. The molecule has 0 amide bonds. The Morgan fingerprint density at radius 1 is 0.977 bits per heavy atom. The van der Waals surface area contributed by atoms with Crippen molar-refractivity contribution in [2.75, 3.05) is 38.9 Å². The zero-order valence-corrected chi connectivity index (χ0v) is 24.3. The molecule has 0 saturated carbocycles. The van der Waals surface area contributed by atoms with Gasteiger partial charge in [0, 0.05) is 47.4 Å². The minimum absolute atomic E-state index is 0.00606. The molecule has 4 N–H and O–H groups in total. The van der Waals surface area contributed by atoms with Crippen LogP contribution in [0.2, 0.25) is 0 Å². The van der Waals surface area contributed by atoms with Crippen LogP contribution in [-0.4, -0.2) is 67.1 Å². The molecule has 13 heteroatoms. The Morgan fingerprint density at radius 2 is 1.72 bits per heavy atom. The lowest BCUT2D eigenvalue weighted by atomic mass is 10.0. The van der Waals surface area contributed by atoms with Gasteiger partial charge in [-0.05, 0) is 47.7 Å². The minimum Gasteiger partial charge on any atom is -0.493 e. The van der Waals surface area contributed by atoms with Gasteiger partial charge in [0.1, 0.15) is 24.0 Å². The van der Waals surface area contributed by atoms with Crippen molar-refractivity contribution < 1.29 is 31.6 Å². The lowest BCUT2D eigenvalue weighted by Crippen LogP contribution is -2.39. The van der Waals surface area contributed by atoms with Crippen LogP contribution < -0.4 is 25.3 Å². The maximum atomic E-state index is 13.4. The molecule has 3 heterocycles. The van der Waals surface area contributed by atoms with Crippen LogP contribution in [0.1, 0.15) is 5.56 Å². The van der Waals surface area contributed by atoms with Crippen molar-refractivity contribution in [1.82, 2.24) is 20.3 Å². The van der Waals surface area contributed by atoms with Gasteiger partial charge in [-0.1, -0.05) is 12.1 Å². The number of hydrogen-bond acceptors (Lipinski definition) is 10. The van der Waals surface area contributed by atoms with Gasteiger partial charge in [-0.15, -0.1) is 0 Å². The maximum absolute atomic E-state index is 13.4. The molecule has 1 unspecified atom stereocenters. The maximum Gasteiger partial charge on any atom is 0.266 e. The summed E-state index contributed by atoms with van der Waals surface area (Å²) in [5.74, 6) is 1.05. The summed E-state index contributed by atoms with van der Waals surface area (Å²) in [5.41, 5.74) is 9.11. The Balaban J connectivity index is 1.41. The Bertz CT molecular complexity index is 1870. The molecule has 1 atom stereocenters. The second-order valence-corrected chi connectivity index (χ2v) is 11.4. The summed E-state index contributed by atoms with van der Waals surface area (Å²) >= 11 is 0. The number of rotatable bonds is 12. The minimum atomic E-state index is -4.14. The van der Waals surface area contributed by atoms with Crippen molar-refractivity contribution in [2.45, 2.75) is 12.5 Å². The fraction of sp³-hybridized carbons (Fsp3) is 0.233. The highest BCUT2D eigenvalue weighted by molar-refractivity contribution is 7.85. The van der Waals surface area contributed by atoms with E-state index in [0.29, 0.717) is 51.6 Å². The normalized spacial score (nSPS) is 12.4. The van der Waals surface area contributed by atoms with E-state index in [2.05, 4.69) is 20.3 Å². The number of fused-ring (bicyclic) bond motifs is 3. The van der Waals surface area contributed by atoms with E-state index >= 15 is 0 Å². The standard InChI is InChI=1S/C30H30FN5O6S/c1-40-28-12-24-23-11-26(36-30(32)25(23)16-35-27(24)13-29(28)41-2)19-10-22(15-33-14-19)42-17-21(34-7-8-43(37,38)39)9-18-3-5-20(31)6-4-18/h3-6,10-16,21,34H,7-9,17H2,1-2H3,(H2,32,36)(H,37,38,39). The summed E-state index contributed by atoms with van der Waals surface area (Å²) in [4.78, 5) is 13.4. The summed E-state index contributed by atoms with van der Waals surface area (Å²) in [6, 6.07) is 13.0. The van der Waals surface area contributed by atoms with Gasteiger partial charge in [0.25, 0.3) is 10.1 Å². The first-order valence-corrected chi connectivity index (χ1v) is 14.9. The van der Waals surface area contributed by atoms with Crippen molar-refractivity contribution in [3.8, 4) is 28.5 Å². The van der Waals surface area contributed by atoms with Gasteiger partial charge in [0.2, 0.25) is 0 Å². The zero-order chi connectivity index (χ0) is 30.6. The van der Waals surface area contributed by atoms with Gasteiger partial charge in [-0.25, -0.2) is 9.37 Å². The predicted molar refractivity (Wildman–Crippen MR) is 162 cm³/mol. The number of benzene rings is 2. The number of halogens is 1. The fourth-order valence-corrected chi connectivity index (χ4v) is 5.10. The third-order valence-corrected chi connectivity index (χ3v) is 7.58. The third-order valence-electron chi connectivity index (χ3n) is 6.86. The van der Waals surface area contributed by atoms with E-state index in [1.807, 2.05) is 12.1 Å². The number of nitrogens with two attached hydrogens (primary N) is 1. The number of nitrogens with zero attached hydrogens (tertiary/aromatic N) is 3. The Labute approximate surface area is 247 Å². The van der Waals surface area contributed by atoms with Crippen molar-refractivity contribution >= 4 is 37.6 Å². The summed E-state index contributed by atoms with van der Waals surface area (Å²) in [5, 5.41) is 5.40. The molecule has 0 fully saturated rings. The lowest BCUT2D eigenvalue weighted by molar-refractivity contribution is 0.264. The van der Waals surface area contributed by atoms with Crippen LogP contribution in [0.15, 0.2) is 67.1 Å². The van der Waals surface area contributed by atoms with E-state index in [0.717, 1.165) is 16.3 Å². The van der Waals surface area contributed by atoms with Crippen LogP contribution in [0.5, 0.6) is 17.2 Å². The molecule has 3 aromatic heterocycles. The van der Waals surface area contributed by atoms with Crippen molar-refractivity contribution in [2.24, 2.45) is 0 Å². The molecule has 0 bridgehead atoms. The van der Waals surface area contributed by atoms with Crippen LogP contribution in [-0.2, 0) is 16.5 Å². The molecule has 0 aliphatic carbocycles. The molecule has 2 aromatic carbocycles. The molecule has 0 radical (unpaired) electrons. The van der Waals surface area contributed by atoms with Gasteiger partial charge >= 0.3 is 0 Å². The van der Waals surface area contributed by atoms with Crippen molar-refractivity contribution in [3.63, 3.8) is 0 Å². The highest BCUT2D eigenvalue weighted by atomic mass is 32.2. The summed E-state index contributed by atoms with van der Waals surface area (Å²) in [6.45, 7) is 0.144. The van der Waals surface area contributed by atoms with Crippen LogP contribution >= 0.6 is 0 Å². The average molecular weight is 608 g/mol. The van der Waals surface area contributed by atoms with Crippen LogP contribution in [0.4, 0.5) is 10.2 Å². The van der Waals surface area contributed by atoms with Crippen LogP contribution in [0.3, 0.4) is 0 Å². The van der Waals surface area contributed by atoms with Gasteiger partial charge in [0.15, 0.2) is 11.5 Å². The van der Waals surface area contributed by atoms with Gasteiger partial charge < -0.3 is 25.3 Å². The Kier molecular flexibility index (Phi) is 8.85. The Hall–Kier alpha value is -4.59. The molecule has 224 valence electrons. The van der Waals surface area contributed by atoms with E-state index in [-0.39, 0.29) is 25.0 Å². The molecule has 5 aromatic rings. The first kappa shape index (κ1) is 29.9. The predicted octanol–water partition coefficient (Wildman–Crippen LogP) is 4.05. The molecule has 0 spiro atoms. The van der Waals surface area contributed by atoms with Gasteiger partial charge in [-0.3, -0.25) is 14.5 Å². The molecule has 43 heavy (non-hydrogen) atoms. The van der Waals surface area contributed by atoms with E-state index in [1.54, 1.807) is 57.1 Å². The average Bonchev–Trinajstić information content (AvgIpc) is 2.99. The molecule has 5 rings (SSSR count). The highest BCUT2D eigenvalue weighted by Gasteiger charge is 2.16. The number of nitrogen functional groups attached to an aromatic ring is 1. The molecule has 11 nitrogen and oxygen atoms in total. The van der Waals surface area contributed by atoms with Crippen molar-refractivity contribution in [1.29, 1.82) is 0 Å². The lowest BCUT2D eigenvalue weighted by Gasteiger charge is -2.19.